The lowest BCUT2D eigenvalue weighted by atomic mass is 10.1. The van der Waals surface area contributed by atoms with Crippen LogP contribution in [0.25, 0.3) is 11.8 Å². The average molecular weight is 322 g/mol. The number of nitrogens with zero attached hydrogens (tertiary/aromatic N) is 4. The molecule has 0 bridgehead atoms. The zero-order chi connectivity index (χ0) is 16.9. The monoisotopic (exact) mass is 322 g/mol. The van der Waals surface area contributed by atoms with Crippen LogP contribution < -0.4 is 4.74 Å². The summed E-state index contributed by atoms with van der Waals surface area (Å²) in [6.07, 6.45) is 4.53. The van der Waals surface area contributed by atoms with Gasteiger partial charge < -0.3 is 9.84 Å². The van der Waals surface area contributed by atoms with E-state index in [0.29, 0.717) is 22.6 Å². The van der Waals surface area contributed by atoms with E-state index in [9.17, 15) is 9.90 Å². The second-order valence-electron chi connectivity index (χ2n) is 4.93. The van der Waals surface area contributed by atoms with Gasteiger partial charge in [0.2, 0.25) is 0 Å². The van der Waals surface area contributed by atoms with Gasteiger partial charge in [-0.1, -0.05) is 24.3 Å². The predicted octanol–water partition coefficient (Wildman–Crippen LogP) is 2.27. The Morgan fingerprint density at radius 1 is 1.25 bits per heavy atom. The van der Waals surface area contributed by atoms with Crippen molar-refractivity contribution in [1.82, 2.24) is 20.2 Å². The smallest absolute Gasteiger partial charge is 0.185 e. The lowest BCUT2D eigenvalue weighted by Gasteiger charge is -2.03. The fourth-order valence-corrected chi connectivity index (χ4v) is 2.16. The summed E-state index contributed by atoms with van der Waals surface area (Å²) < 4.78 is 6.46. The van der Waals surface area contributed by atoms with E-state index in [4.69, 9.17) is 4.74 Å². The fraction of sp³-hybridized carbons (Fsp3) is 0.0588. The molecule has 0 fully saturated rings. The van der Waals surface area contributed by atoms with Gasteiger partial charge in [-0.25, -0.2) is 4.68 Å². The van der Waals surface area contributed by atoms with Gasteiger partial charge in [0.05, 0.1) is 12.8 Å². The number of carbonyl (C=O) groups excluding carboxylic acids is 1. The molecule has 0 unspecified atom stereocenters. The second kappa shape index (κ2) is 6.74. The molecule has 1 N–H and O–H groups in total. The summed E-state index contributed by atoms with van der Waals surface area (Å²) in [7, 11) is 1.48. The number of methoxy groups -OCH3 is 1. The third-order valence-corrected chi connectivity index (χ3v) is 3.37. The quantitative estimate of drug-likeness (QED) is 0.572. The molecule has 1 heterocycles. The third-order valence-electron chi connectivity index (χ3n) is 3.37. The number of phenols is 1. The molecule has 0 aliphatic rings. The first-order valence-corrected chi connectivity index (χ1v) is 7.10. The largest absolute Gasteiger partial charge is 0.504 e. The maximum Gasteiger partial charge on any atom is 0.185 e. The maximum atomic E-state index is 12.3. The minimum Gasteiger partial charge on any atom is -0.504 e. The van der Waals surface area contributed by atoms with E-state index in [1.54, 1.807) is 42.5 Å². The van der Waals surface area contributed by atoms with Crippen molar-refractivity contribution in [3.05, 3.63) is 66.0 Å². The number of aromatic hydroxyl groups is 1. The van der Waals surface area contributed by atoms with Crippen molar-refractivity contribution < 1.29 is 14.6 Å². The van der Waals surface area contributed by atoms with Crippen molar-refractivity contribution >= 4 is 11.9 Å². The van der Waals surface area contributed by atoms with Crippen molar-refractivity contribution in [2.45, 2.75) is 0 Å². The molecule has 0 spiro atoms. The normalized spacial score (nSPS) is 10.9. The third kappa shape index (κ3) is 3.30. The van der Waals surface area contributed by atoms with Crippen molar-refractivity contribution in [3.8, 4) is 17.2 Å². The SMILES string of the molecule is COc1ccc(C=CC(=O)c2cccc(-n3cnnn3)c2)cc1O. The molecular formula is C17H14N4O3. The van der Waals surface area contributed by atoms with E-state index < -0.39 is 0 Å². The molecule has 120 valence electrons. The van der Waals surface area contributed by atoms with E-state index >= 15 is 0 Å². The molecule has 1 aromatic heterocycles. The molecule has 7 heteroatoms. The Hall–Kier alpha value is -3.48. The molecule has 0 aliphatic heterocycles. The van der Waals surface area contributed by atoms with Crippen molar-refractivity contribution in [2.75, 3.05) is 7.11 Å². The van der Waals surface area contributed by atoms with E-state index in [1.165, 1.54) is 30.3 Å². The summed E-state index contributed by atoms with van der Waals surface area (Å²) in [4.78, 5) is 12.3. The summed E-state index contributed by atoms with van der Waals surface area (Å²) >= 11 is 0. The summed E-state index contributed by atoms with van der Waals surface area (Å²) in [5.74, 6) is 0.237. The average Bonchev–Trinajstić information content (AvgIpc) is 3.14. The van der Waals surface area contributed by atoms with Crippen LogP contribution in [-0.4, -0.2) is 38.2 Å². The molecule has 2 aromatic carbocycles. The Bertz CT molecular complexity index is 889. The van der Waals surface area contributed by atoms with Crippen LogP contribution >= 0.6 is 0 Å². The van der Waals surface area contributed by atoms with Crippen LogP contribution in [0.15, 0.2) is 54.9 Å². The topological polar surface area (TPSA) is 90.1 Å². The van der Waals surface area contributed by atoms with Gasteiger partial charge in [0.1, 0.15) is 6.33 Å². The summed E-state index contributed by atoms with van der Waals surface area (Å²) in [6.45, 7) is 0. The highest BCUT2D eigenvalue weighted by Gasteiger charge is 2.06. The number of allylic oxidation sites excluding steroid dienone is 1. The zero-order valence-corrected chi connectivity index (χ0v) is 12.8. The first-order chi connectivity index (χ1) is 11.7. The summed E-state index contributed by atoms with van der Waals surface area (Å²) in [6, 6.07) is 11.9. The molecule has 0 radical (unpaired) electrons. The zero-order valence-electron chi connectivity index (χ0n) is 12.8. The number of tetrazole rings is 1. The molecule has 0 aliphatic carbocycles. The standard InChI is InChI=1S/C17H14N4O3/c1-24-17-8-6-12(9-16(17)23)5-7-15(22)13-3-2-4-14(10-13)21-11-18-19-20-21/h2-11,23H,1H3. The number of aromatic nitrogens is 4. The molecule has 0 atom stereocenters. The molecule has 24 heavy (non-hydrogen) atoms. The highest BCUT2D eigenvalue weighted by Crippen LogP contribution is 2.26. The first kappa shape index (κ1) is 15.4. The van der Waals surface area contributed by atoms with Crippen LogP contribution in [0, 0.1) is 0 Å². The van der Waals surface area contributed by atoms with Gasteiger partial charge in [0.15, 0.2) is 17.3 Å². The van der Waals surface area contributed by atoms with E-state index in [1.807, 2.05) is 0 Å². The van der Waals surface area contributed by atoms with Crippen LogP contribution in [0.3, 0.4) is 0 Å². The highest BCUT2D eigenvalue weighted by atomic mass is 16.5. The molecule has 0 amide bonds. The Morgan fingerprint density at radius 3 is 2.83 bits per heavy atom. The summed E-state index contributed by atoms with van der Waals surface area (Å²) in [5, 5.41) is 20.7. The summed E-state index contributed by atoms with van der Waals surface area (Å²) in [5.41, 5.74) is 1.90. The number of rotatable bonds is 5. The van der Waals surface area contributed by atoms with Crippen molar-refractivity contribution in [2.24, 2.45) is 0 Å². The van der Waals surface area contributed by atoms with Gasteiger partial charge in [-0.05, 0) is 46.3 Å². The van der Waals surface area contributed by atoms with Crippen molar-refractivity contribution in [1.29, 1.82) is 0 Å². The van der Waals surface area contributed by atoms with Crippen LogP contribution in [0.4, 0.5) is 0 Å². The minimum atomic E-state index is -0.166. The lowest BCUT2D eigenvalue weighted by molar-refractivity contribution is 0.104. The van der Waals surface area contributed by atoms with Gasteiger partial charge in [0, 0.05) is 5.56 Å². The Labute approximate surface area is 137 Å². The number of phenolic OH excluding ortho intramolecular Hbond substituents is 1. The van der Waals surface area contributed by atoms with E-state index in [-0.39, 0.29) is 11.5 Å². The van der Waals surface area contributed by atoms with Crippen molar-refractivity contribution in [3.63, 3.8) is 0 Å². The highest BCUT2D eigenvalue weighted by molar-refractivity contribution is 6.07. The first-order valence-electron chi connectivity index (χ1n) is 7.10. The number of ketones is 1. The number of carbonyl (C=O) groups is 1. The Kier molecular flexibility index (Phi) is 4.33. The Balaban J connectivity index is 1.80. The molecule has 3 rings (SSSR count). The maximum absolute atomic E-state index is 12.3. The number of hydrogen-bond acceptors (Lipinski definition) is 6. The van der Waals surface area contributed by atoms with Gasteiger partial charge in [-0.15, -0.1) is 5.10 Å². The van der Waals surface area contributed by atoms with Crippen LogP contribution in [0.5, 0.6) is 11.5 Å². The number of hydrogen-bond donors (Lipinski definition) is 1. The lowest BCUT2D eigenvalue weighted by Crippen LogP contribution is -1.99. The van der Waals surface area contributed by atoms with Gasteiger partial charge in [0.25, 0.3) is 0 Å². The Morgan fingerprint density at radius 2 is 2.12 bits per heavy atom. The van der Waals surface area contributed by atoms with Gasteiger partial charge >= 0.3 is 0 Å². The molecule has 0 saturated carbocycles. The molecule has 7 nitrogen and oxygen atoms in total. The fourth-order valence-electron chi connectivity index (χ4n) is 2.16. The number of benzene rings is 2. The molecule has 0 saturated heterocycles. The van der Waals surface area contributed by atoms with E-state index in [0.717, 1.165) is 0 Å². The molecule has 3 aromatic rings. The number of ether oxygens (including phenoxy) is 1. The minimum absolute atomic E-state index is 0.0211. The van der Waals surface area contributed by atoms with Crippen LogP contribution in [0.1, 0.15) is 15.9 Å². The van der Waals surface area contributed by atoms with E-state index in [2.05, 4.69) is 15.5 Å². The van der Waals surface area contributed by atoms with Crippen LogP contribution in [0.2, 0.25) is 0 Å². The van der Waals surface area contributed by atoms with Crippen LogP contribution in [-0.2, 0) is 0 Å². The predicted molar refractivity (Wildman–Crippen MR) is 87.2 cm³/mol. The molecular weight excluding hydrogens is 308 g/mol. The van der Waals surface area contributed by atoms with Gasteiger partial charge in [-0.2, -0.15) is 0 Å². The second-order valence-corrected chi connectivity index (χ2v) is 4.93. The van der Waals surface area contributed by atoms with Gasteiger partial charge in [-0.3, -0.25) is 4.79 Å².